The molecule has 1 aromatic carbocycles. The molecular weight excluding hydrogens is 409 g/mol. The van der Waals surface area contributed by atoms with Gasteiger partial charge in [-0.1, -0.05) is 6.07 Å². The van der Waals surface area contributed by atoms with Crippen molar-refractivity contribution in [1.82, 2.24) is 19.6 Å². The highest BCUT2D eigenvalue weighted by molar-refractivity contribution is 5.96. The van der Waals surface area contributed by atoms with Crippen LogP contribution in [0.3, 0.4) is 0 Å². The number of piperidine rings is 1. The molecule has 0 saturated carbocycles. The predicted octanol–water partition coefficient (Wildman–Crippen LogP) is 3.44. The highest BCUT2D eigenvalue weighted by Gasteiger charge is 2.32. The quantitative estimate of drug-likeness (QED) is 0.740. The van der Waals surface area contributed by atoms with Crippen LogP contribution in [0.2, 0.25) is 0 Å². The molecule has 2 saturated heterocycles. The fraction of sp³-hybridized carbons (Fsp3) is 0.545. The predicted molar refractivity (Wildman–Crippen MR) is 109 cm³/mol. The molecule has 0 atom stereocenters. The summed E-state index contributed by atoms with van der Waals surface area (Å²) in [4.78, 5) is 17.5. The van der Waals surface area contributed by atoms with E-state index < -0.39 is 11.7 Å². The number of benzene rings is 1. The Morgan fingerprint density at radius 1 is 1.10 bits per heavy atom. The van der Waals surface area contributed by atoms with Crippen molar-refractivity contribution < 1.29 is 22.7 Å². The number of rotatable bonds is 3. The molecule has 2 aliphatic rings. The van der Waals surface area contributed by atoms with Gasteiger partial charge in [-0.25, -0.2) is 4.68 Å². The van der Waals surface area contributed by atoms with Gasteiger partial charge in [-0.15, -0.1) is 0 Å². The van der Waals surface area contributed by atoms with Gasteiger partial charge < -0.3 is 9.64 Å². The Morgan fingerprint density at radius 3 is 2.42 bits per heavy atom. The molecule has 0 radical (unpaired) electrons. The summed E-state index contributed by atoms with van der Waals surface area (Å²) in [5, 5.41) is 4.39. The molecule has 0 unspecified atom stereocenters. The van der Waals surface area contributed by atoms with E-state index in [-0.39, 0.29) is 5.91 Å². The minimum Gasteiger partial charge on any atom is -0.379 e. The molecule has 0 aliphatic carbocycles. The van der Waals surface area contributed by atoms with Gasteiger partial charge in [-0.3, -0.25) is 9.69 Å². The van der Waals surface area contributed by atoms with E-state index in [1.165, 1.54) is 10.7 Å². The molecule has 168 valence electrons. The number of ether oxygens (including phenoxy) is 1. The number of morpholine rings is 1. The van der Waals surface area contributed by atoms with Crippen LogP contribution in [0.1, 0.15) is 40.2 Å². The Bertz CT molecular complexity index is 943. The largest absolute Gasteiger partial charge is 0.416 e. The van der Waals surface area contributed by atoms with Crippen molar-refractivity contribution in [1.29, 1.82) is 0 Å². The van der Waals surface area contributed by atoms with Crippen LogP contribution in [-0.2, 0) is 10.9 Å². The maximum atomic E-state index is 13.3. The Morgan fingerprint density at radius 2 is 1.77 bits per heavy atom. The van der Waals surface area contributed by atoms with Crippen molar-refractivity contribution >= 4 is 5.91 Å². The first-order chi connectivity index (χ1) is 14.8. The highest BCUT2D eigenvalue weighted by atomic mass is 19.4. The highest BCUT2D eigenvalue weighted by Crippen LogP contribution is 2.31. The number of nitrogens with zero attached hydrogens (tertiary/aromatic N) is 4. The second-order valence-corrected chi connectivity index (χ2v) is 8.18. The summed E-state index contributed by atoms with van der Waals surface area (Å²) in [6.45, 7) is 8.15. The molecule has 9 heteroatoms. The SMILES string of the molecule is Cc1nn(-c2cccc(C(F)(F)F)c2)c(C)c1C(=O)N1CCC(N2CCOCC2)CC1. The summed E-state index contributed by atoms with van der Waals surface area (Å²) in [7, 11) is 0. The first kappa shape index (κ1) is 21.8. The number of amides is 1. The van der Waals surface area contributed by atoms with E-state index in [1.54, 1.807) is 19.9 Å². The molecule has 3 heterocycles. The van der Waals surface area contributed by atoms with Crippen molar-refractivity contribution in [3.8, 4) is 5.69 Å². The van der Waals surface area contributed by atoms with Gasteiger partial charge >= 0.3 is 6.18 Å². The van der Waals surface area contributed by atoms with E-state index in [4.69, 9.17) is 4.74 Å². The van der Waals surface area contributed by atoms with Gasteiger partial charge in [0.25, 0.3) is 5.91 Å². The van der Waals surface area contributed by atoms with Gasteiger partial charge in [0.2, 0.25) is 0 Å². The van der Waals surface area contributed by atoms with E-state index in [0.717, 1.165) is 51.3 Å². The molecule has 0 spiro atoms. The molecule has 4 rings (SSSR count). The summed E-state index contributed by atoms with van der Waals surface area (Å²) < 4.78 is 46.2. The van der Waals surface area contributed by atoms with Gasteiger partial charge in [0.15, 0.2) is 0 Å². The molecule has 2 aliphatic heterocycles. The monoisotopic (exact) mass is 436 g/mol. The van der Waals surface area contributed by atoms with Gasteiger partial charge in [0.1, 0.15) is 0 Å². The average Bonchev–Trinajstić information content (AvgIpc) is 3.07. The van der Waals surface area contributed by atoms with Crippen LogP contribution in [0.5, 0.6) is 0 Å². The van der Waals surface area contributed by atoms with Crippen LogP contribution in [0, 0.1) is 13.8 Å². The molecule has 2 fully saturated rings. The van der Waals surface area contributed by atoms with Crippen LogP contribution in [-0.4, -0.2) is 70.9 Å². The van der Waals surface area contributed by atoms with Crippen LogP contribution in [0.25, 0.3) is 5.69 Å². The van der Waals surface area contributed by atoms with Gasteiger partial charge in [-0.05, 0) is 44.9 Å². The molecule has 0 bridgehead atoms. The zero-order valence-electron chi connectivity index (χ0n) is 17.8. The van der Waals surface area contributed by atoms with E-state index in [0.29, 0.717) is 41.8 Å². The third kappa shape index (κ3) is 4.48. The molecule has 1 aromatic heterocycles. The summed E-state index contributed by atoms with van der Waals surface area (Å²) >= 11 is 0. The smallest absolute Gasteiger partial charge is 0.379 e. The van der Waals surface area contributed by atoms with Crippen LogP contribution >= 0.6 is 0 Å². The second-order valence-electron chi connectivity index (χ2n) is 8.18. The summed E-state index contributed by atoms with van der Waals surface area (Å²) in [6.07, 6.45) is -2.62. The topological polar surface area (TPSA) is 50.6 Å². The zero-order valence-corrected chi connectivity index (χ0v) is 17.8. The number of alkyl halides is 3. The number of aryl methyl sites for hydroxylation is 1. The second kappa shape index (κ2) is 8.63. The lowest BCUT2D eigenvalue weighted by molar-refractivity contribution is -0.137. The van der Waals surface area contributed by atoms with Crippen molar-refractivity contribution in [2.45, 2.75) is 38.9 Å². The Hall–Kier alpha value is -2.39. The minimum absolute atomic E-state index is 0.103. The number of hydrogen-bond acceptors (Lipinski definition) is 4. The third-order valence-corrected chi connectivity index (χ3v) is 6.24. The number of carbonyl (C=O) groups excluding carboxylic acids is 1. The summed E-state index contributed by atoms with van der Waals surface area (Å²) in [5.74, 6) is -0.103. The Balaban J connectivity index is 1.51. The third-order valence-electron chi connectivity index (χ3n) is 6.24. The lowest BCUT2D eigenvalue weighted by Gasteiger charge is -2.40. The molecule has 6 nitrogen and oxygen atoms in total. The van der Waals surface area contributed by atoms with Crippen molar-refractivity contribution in [2.24, 2.45) is 0 Å². The minimum atomic E-state index is -4.43. The van der Waals surface area contributed by atoms with Gasteiger partial charge in [0.05, 0.1) is 41.4 Å². The summed E-state index contributed by atoms with van der Waals surface area (Å²) in [5.41, 5.74) is 1.10. The number of halogens is 3. The number of hydrogen-bond donors (Lipinski definition) is 0. The molecular formula is C22H27F3N4O2. The average molecular weight is 436 g/mol. The van der Waals surface area contributed by atoms with Crippen molar-refractivity contribution in [3.63, 3.8) is 0 Å². The lowest BCUT2D eigenvalue weighted by atomic mass is 10.0. The standard InChI is InChI=1S/C22H27F3N4O2/c1-15-20(16(2)29(26-15)19-5-3-4-17(14-19)22(23,24)25)21(30)28-8-6-18(7-9-28)27-10-12-31-13-11-27/h3-5,14,18H,6-13H2,1-2H3. The molecule has 1 amide bonds. The zero-order chi connectivity index (χ0) is 22.2. The normalized spacial score (nSPS) is 19.1. The van der Waals surface area contributed by atoms with E-state index in [1.807, 2.05) is 4.90 Å². The maximum absolute atomic E-state index is 13.3. The number of aromatic nitrogens is 2. The summed E-state index contributed by atoms with van der Waals surface area (Å²) in [6, 6.07) is 5.47. The lowest BCUT2D eigenvalue weighted by Crippen LogP contribution is -2.50. The van der Waals surface area contributed by atoms with E-state index in [9.17, 15) is 18.0 Å². The molecule has 2 aromatic rings. The maximum Gasteiger partial charge on any atom is 0.416 e. The Labute approximate surface area is 179 Å². The van der Waals surface area contributed by atoms with Crippen LogP contribution in [0.4, 0.5) is 13.2 Å². The molecule has 31 heavy (non-hydrogen) atoms. The van der Waals surface area contributed by atoms with Gasteiger partial charge in [-0.2, -0.15) is 18.3 Å². The Kier molecular flexibility index (Phi) is 6.07. The number of carbonyl (C=O) groups is 1. The van der Waals surface area contributed by atoms with Crippen LogP contribution in [0.15, 0.2) is 24.3 Å². The molecule has 0 N–H and O–H groups in total. The van der Waals surface area contributed by atoms with Crippen LogP contribution < -0.4 is 0 Å². The fourth-order valence-electron chi connectivity index (χ4n) is 4.55. The van der Waals surface area contributed by atoms with E-state index in [2.05, 4.69) is 10.00 Å². The fourth-order valence-corrected chi connectivity index (χ4v) is 4.55. The van der Waals surface area contributed by atoms with Crippen molar-refractivity contribution in [3.05, 3.63) is 46.8 Å². The van der Waals surface area contributed by atoms with Gasteiger partial charge in [0, 0.05) is 32.2 Å². The number of likely N-dealkylation sites (tertiary alicyclic amines) is 1. The van der Waals surface area contributed by atoms with E-state index >= 15 is 0 Å². The first-order valence-electron chi connectivity index (χ1n) is 10.6. The first-order valence-corrected chi connectivity index (χ1v) is 10.6. The van der Waals surface area contributed by atoms with Crippen molar-refractivity contribution in [2.75, 3.05) is 39.4 Å².